The van der Waals surface area contributed by atoms with Gasteiger partial charge in [0.05, 0.1) is 31.9 Å². The molecule has 3 amide bonds. The van der Waals surface area contributed by atoms with Crippen molar-refractivity contribution in [1.29, 1.82) is 0 Å². The molecule has 148 valence electrons. The van der Waals surface area contributed by atoms with Crippen molar-refractivity contribution >= 4 is 29.5 Å². The van der Waals surface area contributed by atoms with Gasteiger partial charge >= 0.3 is 6.03 Å². The van der Waals surface area contributed by atoms with Gasteiger partial charge in [0.15, 0.2) is 5.78 Å². The van der Waals surface area contributed by atoms with Gasteiger partial charge in [-0.15, -0.1) is 0 Å². The Morgan fingerprint density at radius 3 is 2.81 bits per heavy atom. The normalized spacial score (nSPS) is 24.0. The van der Waals surface area contributed by atoms with E-state index < -0.39 is 0 Å². The minimum absolute atomic E-state index is 0.00623. The van der Waals surface area contributed by atoms with Crippen LogP contribution in [0.3, 0.4) is 0 Å². The summed E-state index contributed by atoms with van der Waals surface area (Å²) in [6.07, 6.45) is 3.36. The summed E-state index contributed by atoms with van der Waals surface area (Å²) in [5.74, 6) is 0.997. The Kier molecular flexibility index (Phi) is 9.21. The van der Waals surface area contributed by atoms with E-state index in [2.05, 4.69) is 16.0 Å². The average Bonchev–Trinajstić information content (AvgIpc) is 3.13. The number of ether oxygens (including phenoxy) is 2. The van der Waals surface area contributed by atoms with Crippen LogP contribution in [0.4, 0.5) is 4.79 Å². The fourth-order valence-electron chi connectivity index (χ4n) is 3.06. The number of ketones is 1. The van der Waals surface area contributed by atoms with Crippen molar-refractivity contribution in [2.45, 2.75) is 49.9 Å². The molecular weight excluding hydrogens is 358 g/mol. The maximum absolute atomic E-state index is 11.8. The monoisotopic (exact) mass is 387 g/mol. The first kappa shape index (κ1) is 21.0. The summed E-state index contributed by atoms with van der Waals surface area (Å²) in [6, 6.07) is 0.434. The fourth-order valence-corrected chi connectivity index (χ4v) is 4.60. The molecule has 0 bridgehead atoms. The molecule has 3 unspecified atom stereocenters. The molecule has 2 fully saturated rings. The van der Waals surface area contributed by atoms with Gasteiger partial charge in [-0.25, -0.2) is 4.79 Å². The van der Waals surface area contributed by atoms with Gasteiger partial charge in [-0.3, -0.25) is 9.59 Å². The number of hydrogen-bond donors (Lipinski definition) is 3. The van der Waals surface area contributed by atoms with Crippen molar-refractivity contribution in [3.8, 4) is 0 Å². The zero-order valence-corrected chi connectivity index (χ0v) is 16.1. The highest BCUT2D eigenvalue weighted by Gasteiger charge is 2.42. The molecule has 0 aromatic carbocycles. The molecule has 0 radical (unpaired) electrons. The third-order valence-corrected chi connectivity index (χ3v) is 5.84. The second kappa shape index (κ2) is 11.4. The smallest absolute Gasteiger partial charge is 0.315 e. The van der Waals surface area contributed by atoms with Crippen LogP contribution in [-0.2, 0) is 19.1 Å². The van der Waals surface area contributed by atoms with Crippen LogP contribution in [0.25, 0.3) is 0 Å². The van der Waals surface area contributed by atoms with E-state index in [9.17, 15) is 14.4 Å². The second-order valence-corrected chi connectivity index (χ2v) is 7.86. The molecule has 2 saturated heterocycles. The number of amides is 3. The number of carbonyl (C=O) groups is 3. The molecule has 26 heavy (non-hydrogen) atoms. The largest absolute Gasteiger partial charge is 0.377 e. The first-order valence-corrected chi connectivity index (χ1v) is 10.2. The van der Waals surface area contributed by atoms with Crippen LogP contribution in [0.15, 0.2) is 0 Å². The third-order valence-electron chi connectivity index (χ3n) is 4.33. The fraction of sp³-hybridized carbons (Fsp3) is 0.824. The number of nitrogens with one attached hydrogen (secondary N) is 3. The van der Waals surface area contributed by atoms with Gasteiger partial charge in [0, 0.05) is 24.0 Å². The molecule has 0 aromatic heterocycles. The molecule has 0 aromatic rings. The van der Waals surface area contributed by atoms with Crippen molar-refractivity contribution in [2.75, 3.05) is 38.7 Å². The Morgan fingerprint density at radius 2 is 2.00 bits per heavy atom. The summed E-state index contributed by atoms with van der Waals surface area (Å²) in [5.41, 5.74) is 0. The number of thioether (sulfide) groups is 1. The van der Waals surface area contributed by atoms with Gasteiger partial charge in [-0.1, -0.05) is 6.42 Å². The van der Waals surface area contributed by atoms with E-state index in [0.717, 1.165) is 25.0 Å². The summed E-state index contributed by atoms with van der Waals surface area (Å²) in [7, 11) is 0. The van der Waals surface area contributed by atoms with Crippen molar-refractivity contribution in [3.63, 3.8) is 0 Å². The lowest BCUT2D eigenvalue weighted by atomic mass is 10.0. The Hall–Kier alpha value is -1.32. The SMILES string of the molecule is CC(=O)COCCOCCNC(=O)CCCCC1SCC2NC(=O)NC21. The van der Waals surface area contributed by atoms with Gasteiger partial charge in [-0.2, -0.15) is 11.8 Å². The van der Waals surface area contributed by atoms with E-state index >= 15 is 0 Å². The molecule has 2 heterocycles. The molecule has 8 nitrogen and oxygen atoms in total. The number of carbonyl (C=O) groups excluding carboxylic acids is 3. The Balaban J connectivity index is 1.40. The molecule has 9 heteroatoms. The Bertz CT molecular complexity index is 491. The molecule has 2 rings (SSSR count). The molecule has 2 aliphatic heterocycles. The van der Waals surface area contributed by atoms with Crippen LogP contribution < -0.4 is 16.0 Å². The number of Topliss-reactive ketones (excluding diaryl/α,β-unsaturated/α-hetero) is 1. The molecule has 0 saturated carbocycles. The average molecular weight is 388 g/mol. The molecular formula is C17H29N3O5S. The van der Waals surface area contributed by atoms with E-state index in [1.54, 1.807) is 0 Å². The summed E-state index contributed by atoms with van der Waals surface area (Å²) >= 11 is 1.90. The van der Waals surface area contributed by atoms with Crippen LogP contribution in [0.5, 0.6) is 0 Å². The van der Waals surface area contributed by atoms with Crippen molar-refractivity contribution in [1.82, 2.24) is 16.0 Å². The Morgan fingerprint density at radius 1 is 1.19 bits per heavy atom. The van der Waals surface area contributed by atoms with Crippen LogP contribution in [0, 0.1) is 0 Å². The minimum Gasteiger partial charge on any atom is -0.377 e. The first-order chi connectivity index (χ1) is 12.6. The number of urea groups is 1. The molecule has 0 spiro atoms. The van der Waals surface area contributed by atoms with E-state index in [1.807, 2.05) is 11.8 Å². The van der Waals surface area contributed by atoms with Crippen molar-refractivity contribution in [3.05, 3.63) is 0 Å². The highest BCUT2D eigenvalue weighted by Crippen LogP contribution is 2.33. The molecule has 3 atom stereocenters. The first-order valence-electron chi connectivity index (χ1n) is 9.16. The van der Waals surface area contributed by atoms with Crippen LogP contribution >= 0.6 is 11.8 Å². The zero-order valence-electron chi connectivity index (χ0n) is 15.3. The maximum Gasteiger partial charge on any atom is 0.315 e. The van der Waals surface area contributed by atoms with E-state index in [-0.39, 0.29) is 36.4 Å². The summed E-state index contributed by atoms with van der Waals surface area (Å²) < 4.78 is 10.4. The quantitative estimate of drug-likeness (QED) is 0.313. The van der Waals surface area contributed by atoms with Gasteiger partial charge in [0.1, 0.15) is 6.61 Å². The van der Waals surface area contributed by atoms with Gasteiger partial charge in [0.2, 0.25) is 5.91 Å². The highest BCUT2D eigenvalue weighted by molar-refractivity contribution is 8.00. The minimum atomic E-state index is -0.0580. The van der Waals surface area contributed by atoms with Crippen LogP contribution in [0.2, 0.25) is 0 Å². The number of rotatable bonds is 13. The summed E-state index contributed by atoms with van der Waals surface area (Å²) in [5, 5.41) is 9.20. The highest BCUT2D eigenvalue weighted by atomic mass is 32.2. The van der Waals surface area contributed by atoms with Crippen LogP contribution in [0.1, 0.15) is 32.6 Å². The lowest BCUT2D eigenvalue weighted by Crippen LogP contribution is -2.36. The summed E-state index contributed by atoms with van der Waals surface area (Å²) in [4.78, 5) is 33.8. The zero-order chi connectivity index (χ0) is 18.8. The van der Waals surface area contributed by atoms with Gasteiger partial charge in [0.25, 0.3) is 0 Å². The lowest BCUT2D eigenvalue weighted by molar-refractivity contribution is -0.123. The van der Waals surface area contributed by atoms with E-state index in [1.165, 1.54) is 6.92 Å². The molecule has 3 N–H and O–H groups in total. The van der Waals surface area contributed by atoms with E-state index in [4.69, 9.17) is 9.47 Å². The second-order valence-electron chi connectivity index (χ2n) is 6.58. The number of unbranched alkanes of at least 4 members (excludes halogenated alkanes) is 1. The molecule has 0 aliphatic carbocycles. The standard InChI is InChI=1S/C17H29N3O5S/c1-12(21)10-25-9-8-24-7-6-18-15(22)5-3-2-4-14-16-13(11-26-14)19-17(23)20-16/h13-14,16H,2-11H2,1H3,(H,18,22)(H2,19,20,23). The number of fused-ring (bicyclic) bond motifs is 1. The van der Waals surface area contributed by atoms with Gasteiger partial charge in [-0.05, 0) is 19.8 Å². The van der Waals surface area contributed by atoms with Crippen molar-refractivity contribution < 1.29 is 23.9 Å². The Labute approximate surface area is 158 Å². The predicted octanol–water partition coefficient (Wildman–Crippen LogP) is 0.451. The predicted molar refractivity (Wildman–Crippen MR) is 99.3 cm³/mol. The third kappa shape index (κ3) is 7.51. The topological polar surface area (TPSA) is 106 Å². The maximum atomic E-state index is 11.8. The van der Waals surface area contributed by atoms with E-state index in [0.29, 0.717) is 38.0 Å². The van der Waals surface area contributed by atoms with Crippen LogP contribution in [-0.4, -0.2) is 73.8 Å². The number of hydrogen-bond acceptors (Lipinski definition) is 6. The summed E-state index contributed by atoms with van der Waals surface area (Å²) in [6.45, 7) is 3.29. The molecule has 2 aliphatic rings. The van der Waals surface area contributed by atoms with Crippen molar-refractivity contribution in [2.24, 2.45) is 0 Å². The van der Waals surface area contributed by atoms with Gasteiger partial charge < -0.3 is 25.4 Å². The lowest BCUT2D eigenvalue weighted by Gasteiger charge is -2.16.